The standard InChI is InChI=1S/C45H34Br2O8S2/c1-29-26-36(52-32-10-18-38(19-11-32)56(48,49)40-22-14-34(15-23-40)54-44-8-4-6-42(46)30(44)2)28-37(27-29)53-33-12-20-39(21-13-33)57(50,51)41-24-16-35(17-25-41)55-45-9-5-7-43(47)31(45)3/h4-28H,1-3H3. The highest BCUT2D eigenvalue weighted by molar-refractivity contribution is 9.10. The molecule has 8 nitrogen and oxygen atoms in total. The van der Waals surface area contributed by atoms with Crippen LogP contribution in [-0.4, -0.2) is 16.8 Å². The number of halogens is 2. The molecule has 0 unspecified atom stereocenters. The fraction of sp³-hybridized carbons (Fsp3) is 0.0667. The Bertz CT molecular complexity index is 2600. The van der Waals surface area contributed by atoms with Crippen LogP contribution in [-0.2, 0) is 19.7 Å². The second-order valence-electron chi connectivity index (χ2n) is 13.0. The van der Waals surface area contributed by atoms with Crippen LogP contribution in [0, 0.1) is 20.8 Å². The number of benzene rings is 7. The molecular formula is C45H34Br2O8S2. The summed E-state index contributed by atoms with van der Waals surface area (Å²) in [6.07, 6.45) is 0. The lowest BCUT2D eigenvalue weighted by Gasteiger charge is -2.12. The Morgan fingerprint density at radius 3 is 0.982 bits per heavy atom. The van der Waals surface area contributed by atoms with Crippen molar-refractivity contribution in [2.24, 2.45) is 0 Å². The van der Waals surface area contributed by atoms with Gasteiger partial charge < -0.3 is 18.9 Å². The molecule has 0 saturated heterocycles. The molecule has 0 bridgehead atoms. The van der Waals surface area contributed by atoms with Crippen LogP contribution in [0.2, 0.25) is 0 Å². The van der Waals surface area contributed by atoms with Crippen molar-refractivity contribution in [2.75, 3.05) is 0 Å². The van der Waals surface area contributed by atoms with Gasteiger partial charge in [-0.3, -0.25) is 0 Å². The Morgan fingerprint density at radius 1 is 0.368 bits per heavy atom. The van der Waals surface area contributed by atoms with Crippen molar-refractivity contribution in [2.45, 2.75) is 40.4 Å². The van der Waals surface area contributed by atoms with Gasteiger partial charge >= 0.3 is 0 Å². The Balaban J connectivity index is 0.987. The molecule has 0 radical (unpaired) electrons. The summed E-state index contributed by atoms with van der Waals surface area (Å²) in [5, 5.41) is 0. The Labute approximate surface area is 348 Å². The molecule has 0 amide bonds. The van der Waals surface area contributed by atoms with Crippen molar-refractivity contribution in [1.82, 2.24) is 0 Å². The number of ether oxygens (including phenoxy) is 4. The van der Waals surface area contributed by atoms with Gasteiger partial charge in [0.15, 0.2) is 0 Å². The van der Waals surface area contributed by atoms with Gasteiger partial charge in [-0.15, -0.1) is 0 Å². The second kappa shape index (κ2) is 16.6. The van der Waals surface area contributed by atoms with E-state index in [0.29, 0.717) is 46.0 Å². The molecule has 0 saturated carbocycles. The van der Waals surface area contributed by atoms with Crippen molar-refractivity contribution < 1.29 is 35.8 Å². The summed E-state index contributed by atoms with van der Waals surface area (Å²) in [7, 11) is -7.61. The maximum atomic E-state index is 13.4. The van der Waals surface area contributed by atoms with Gasteiger partial charge in [0, 0.05) is 26.1 Å². The zero-order valence-corrected chi connectivity index (χ0v) is 35.6. The van der Waals surface area contributed by atoms with Gasteiger partial charge in [0.1, 0.15) is 46.0 Å². The van der Waals surface area contributed by atoms with E-state index in [2.05, 4.69) is 31.9 Å². The van der Waals surface area contributed by atoms with E-state index in [9.17, 15) is 16.8 Å². The van der Waals surface area contributed by atoms with Crippen LogP contribution in [0.3, 0.4) is 0 Å². The van der Waals surface area contributed by atoms with Gasteiger partial charge in [-0.25, -0.2) is 16.8 Å². The molecule has 12 heteroatoms. The van der Waals surface area contributed by atoms with Gasteiger partial charge in [0.2, 0.25) is 19.7 Å². The zero-order chi connectivity index (χ0) is 40.3. The van der Waals surface area contributed by atoms with Gasteiger partial charge in [-0.05, 0) is 160 Å². The number of sulfone groups is 2. The van der Waals surface area contributed by atoms with Crippen LogP contribution in [0.4, 0.5) is 0 Å². The van der Waals surface area contributed by atoms with E-state index in [0.717, 1.165) is 25.6 Å². The van der Waals surface area contributed by atoms with Crippen molar-refractivity contribution in [1.29, 1.82) is 0 Å². The highest BCUT2D eigenvalue weighted by Gasteiger charge is 2.20. The van der Waals surface area contributed by atoms with Crippen LogP contribution >= 0.6 is 31.9 Å². The lowest BCUT2D eigenvalue weighted by atomic mass is 10.2. The summed E-state index contributed by atoms with van der Waals surface area (Å²) in [6, 6.07) is 41.5. The summed E-state index contributed by atoms with van der Waals surface area (Å²) in [6.45, 7) is 5.75. The van der Waals surface area contributed by atoms with E-state index >= 15 is 0 Å². The van der Waals surface area contributed by atoms with E-state index in [1.165, 1.54) is 48.5 Å². The smallest absolute Gasteiger partial charge is 0.206 e. The summed E-state index contributed by atoms with van der Waals surface area (Å²) in [4.78, 5) is 0.492. The van der Waals surface area contributed by atoms with Crippen molar-refractivity contribution in [3.05, 3.63) is 177 Å². The quantitative estimate of drug-likeness (QED) is 0.119. The fourth-order valence-electron chi connectivity index (χ4n) is 5.77. The summed E-state index contributed by atoms with van der Waals surface area (Å²) in [5.41, 5.74) is 2.72. The highest BCUT2D eigenvalue weighted by atomic mass is 79.9. The third kappa shape index (κ3) is 9.10. The third-order valence-corrected chi connectivity index (χ3v) is 14.2. The number of hydrogen-bond acceptors (Lipinski definition) is 8. The fourth-order valence-corrected chi connectivity index (χ4v) is 8.99. The molecule has 0 atom stereocenters. The monoisotopic (exact) mass is 924 g/mol. The SMILES string of the molecule is Cc1cc(Oc2ccc(S(=O)(=O)c3ccc(Oc4cccc(Br)c4C)cc3)cc2)cc(Oc2ccc(S(=O)(=O)c3ccc(Oc4cccc(Br)c4C)cc3)cc2)c1. The number of rotatable bonds is 12. The Hall–Kier alpha value is -5.40. The predicted octanol–water partition coefficient (Wildman–Crippen LogP) is 13.0. The molecule has 0 aliphatic heterocycles. The first-order valence-corrected chi connectivity index (χ1v) is 22.1. The molecule has 0 aromatic heterocycles. The van der Waals surface area contributed by atoms with Gasteiger partial charge in [0.25, 0.3) is 0 Å². The molecule has 0 spiro atoms. The van der Waals surface area contributed by atoms with Gasteiger partial charge in [-0.2, -0.15) is 0 Å². The van der Waals surface area contributed by atoms with Crippen LogP contribution in [0.25, 0.3) is 0 Å². The first kappa shape index (κ1) is 39.8. The zero-order valence-electron chi connectivity index (χ0n) is 30.8. The molecular weight excluding hydrogens is 892 g/mol. The minimum atomic E-state index is -3.81. The van der Waals surface area contributed by atoms with E-state index in [-0.39, 0.29) is 19.6 Å². The Morgan fingerprint density at radius 2 is 0.667 bits per heavy atom. The number of hydrogen-bond donors (Lipinski definition) is 0. The molecule has 0 fully saturated rings. The highest BCUT2D eigenvalue weighted by Crippen LogP contribution is 2.35. The molecule has 288 valence electrons. The molecule has 7 aromatic carbocycles. The molecule has 7 aromatic rings. The van der Waals surface area contributed by atoms with Crippen molar-refractivity contribution in [3.8, 4) is 46.0 Å². The minimum absolute atomic E-state index is 0.114. The molecule has 0 heterocycles. The van der Waals surface area contributed by atoms with Gasteiger partial charge in [-0.1, -0.05) is 44.0 Å². The Kier molecular flexibility index (Phi) is 11.6. The summed E-state index contributed by atoms with van der Waals surface area (Å²) >= 11 is 6.99. The summed E-state index contributed by atoms with van der Waals surface area (Å²) < 4.78 is 79.6. The van der Waals surface area contributed by atoms with Crippen molar-refractivity contribution >= 4 is 51.5 Å². The maximum absolute atomic E-state index is 13.4. The second-order valence-corrected chi connectivity index (χ2v) is 18.6. The number of aryl methyl sites for hydroxylation is 1. The minimum Gasteiger partial charge on any atom is -0.457 e. The molecule has 7 rings (SSSR count). The van der Waals surface area contributed by atoms with Crippen LogP contribution < -0.4 is 18.9 Å². The van der Waals surface area contributed by atoms with Gasteiger partial charge in [0.05, 0.1) is 19.6 Å². The normalized spacial score (nSPS) is 11.5. The predicted molar refractivity (Wildman–Crippen MR) is 226 cm³/mol. The van der Waals surface area contributed by atoms with E-state index in [1.807, 2.05) is 69.3 Å². The first-order valence-electron chi connectivity index (χ1n) is 17.5. The molecule has 0 N–H and O–H groups in total. The topological polar surface area (TPSA) is 105 Å². The molecule has 0 aliphatic rings. The lowest BCUT2D eigenvalue weighted by molar-refractivity contribution is 0.459. The largest absolute Gasteiger partial charge is 0.457 e. The van der Waals surface area contributed by atoms with E-state index in [1.54, 1.807) is 54.6 Å². The molecule has 57 heavy (non-hydrogen) atoms. The van der Waals surface area contributed by atoms with Crippen molar-refractivity contribution in [3.63, 3.8) is 0 Å². The first-order chi connectivity index (χ1) is 27.3. The van der Waals surface area contributed by atoms with Crippen LogP contribution in [0.5, 0.6) is 46.0 Å². The third-order valence-electron chi connectivity index (χ3n) is 8.92. The lowest BCUT2D eigenvalue weighted by Crippen LogP contribution is -2.02. The summed E-state index contributed by atoms with van der Waals surface area (Å²) in [5.74, 6) is 4.17. The maximum Gasteiger partial charge on any atom is 0.206 e. The molecule has 0 aliphatic carbocycles. The van der Waals surface area contributed by atoms with Crippen LogP contribution in [0.15, 0.2) is 180 Å². The van der Waals surface area contributed by atoms with E-state index < -0.39 is 19.7 Å². The average Bonchev–Trinajstić information content (AvgIpc) is 3.19. The van der Waals surface area contributed by atoms with Crippen LogP contribution in [0.1, 0.15) is 16.7 Å². The van der Waals surface area contributed by atoms with E-state index in [4.69, 9.17) is 18.9 Å². The average molecular weight is 927 g/mol.